The number of benzene rings is 1. The van der Waals surface area contributed by atoms with Crippen molar-refractivity contribution < 1.29 is 0 Å². The summed E-state index contributed by atoms with van der Waals surface area (Å²) in [5.74, 6) is 2.51. The Labute approximate surface area is 131 Å². The molecule has 1 aromatic heterocycles. The molecule has 4 nitrogen and oxygen atoms in total. The fraction of sp³-hybridized carbons (Fsp3) is 0.308. The summed E-state index contributed by atoms with van der Waals surface area (Å²) in [4.78, 5) is 12.7. The van der Waals surface area contributed by atoms with Crippen LogP contribution in [0.1, 0.15) is 12.8 Å². The van der Waals surface area contributed by atoms with Crippen molar-refractivity contribution >= 4 is 40.9 Å². The molecule has 2 N–H and O–H groups in total. The van der Waals surface area contributed by atoms with Gasteiger partial charge in [0.05, 0.1) is 5.02 Å². The van der Waals surface area contributed by atoms with Crippen molar-refractivity contribution in [1.82, 2.24) is 15.0 Å². The molecular weight excluding hydrogens is 315 g/mol. The molecular formula is C13H12Cl2N4S. The average molecular weight is 327 g/mol. The number of nitrogens with zero attached hydrogens (tertiary/aromatic N) is 3. The second-order valence-corrected chi connectivity index (χ2v) is 6.51. The molecule has 1 aliphatic rings. The summed E-state index contributed by atoms with van der Waals surface area (Å²) >= 11 is 13.7. The molecule has 0 amide bonds. The monoisotopic (exact) mass is 326 g/mol. The minimum Gasteiger partial charge on any atom is -0.368 e. The van der Waals surface area contributed by atoms with E-state index >= 15 is 0 Å². The predicted octanol–water partition coefficient (Wildman–Crippen LogP) is 3.93. The van der Waals surface area contributed by atoms with Gasteiger partial charge in [-0.1, -0.05) is 35.0 Å². The maximum absolute atomic E-state index is 6.17. The zero-order valence-electron chi connectivity index (χ0n) is 10.5. The lowest BCUT2D eigenvalue weighted by molar-refractivity contribution is 0.914. The summed E-state index contributed by atoms with van der Waals surface area (Å²) in [6, 6.07) is 5.20. The molecule has 0 saturated heterocycles. The first-order valence-corrected chi connectivity index (χ1v) is 7.96. The molecule has 3 rings (SSSR count). The van der Waals surface area contributed by atoms with E-state index < -0.39 is 0 Å². The molecule has 0 bridgehead atoms. The Hall–Kier alpha value is -1.04. The van der Waals surface area contributed by atoms with Gasteiger partial charge in [0.15, 0.2) is 11.0 Å². The van der Waals surface area contributed by atoms with Crippen molar-refractivity contribution in [2.75, 3.05) is 11.5 Å². The van der Waals surface area contributed by atoms with Crippen molar-refractivity contribution in [2.45, 2.75) is 18.0 Å². The molecule has 0 spiro atoms. The Bertz CT molecular complexity index is 646. The Kier molecular flexibility index (Phi) is 4.01. The highest BCUT2D eigenvalue weighted by Crippen LogP contribution is 2.35. The first-order valence-electron chi connectivity index (χ1n) is 6.21. The van der Waals surface area contributed by atoms with Gasteiger partial charge in [-0.3, -0.25) is 0 Å². The van der Waals surface area contributed by atoms with E-state index in [0.717, 1.165) is 11.7 Å². The van der Waals surface area contributed by atoms with Gasteiger partial charge < -0.3 is 5.73 Å². The molecule has 0 unspecified atom stereocenters. The highest BCUT2D eigenvalue weighted by molar-refractivity contribution is 7.99. The number of anilines is 1. The van der Waals surface area contributed by atoms with Crippen LogP contribution in [-0.4, -0.2) is 20.7 Å². The third kappa shape index (κ3) is 3.34. The summed E-state index contributed by atoms with van der Waals surface area (Å²) in [6.45, 7) is 0. The lowest BCUT2D eigenvalue weighted by atomic mass is 10.2. The van der Waals surface area contributed by atoms with Gasteiger partial charge >= 0.3 is 0 Å². The van der Waals surface area contributed by atoms with Gasteiger partial charge in [0, 0.05) is 16.3 Å². The highest BCUT2D eigenvalue weighted by atomic mass is 35.5. The lowest BCUT2D eigenvalue weighted by Crippen LogP contribution is -2.02. The third-order valence-electron chi connectivity index (χ3n) is 2.95. The molecule has 1 aromatic carbocycles. The SMILES string of the molecule is Nc1nc(SCC2CC2)nc(-c2ccc(Cl)cc2Cl)n1. The number of nitrogen functional groups attached to an aromatic ring is 1. The van der Waals surface area contributed by atoms with Gasteiger partial charge in [-0.05, 0) is 37.0 Å². The van der Waals surface area contributed by atoms with Crippen molar-refractivity contribution in [2.24, 2.45) is 5.92 Å². The zero-order valence-corrected chi connectivity index (χ0v) is 12.8. The first kappa shape index (κ1) is 13.9. The number of hydrogen-bond donors (Lipinski definition) is 1. The van der Waals surface area contributed by atoms with Crippen LogP contribution in [0.3, 0.4) is 0 Å². The molecule has 1 fully saturated rings. The van der Waals surface area contributed by atoms with Crippen LogP contribution in [0.15, 0.2) is 23.4 Å². The van der Waals surface area contributed by atoms with Gasteiger partial charge in [-0.25, -0.2) is 4.98 Å². The van der Waals surface area contributed by atoms with Crippen LogP contribution in [0.25, 0.3) is 11.4 Å². The van der Waals surface area contributed by atoms with Crippen LogP contribution in [0.2, 0.25) is 10.0 Å². The van der Waals surface area contributed by atoms with Crippen LogP contribution in [0, 0.1) is 5.92 Å². The number of hydrogen-bond acceptors (Lipinski definition) is 5. The summed E-state index contributed by atoms with van der Waals surface area (Å²) in [5, 5.41) is 1.72. The van der Waals surface area contributed by atoms with Crippen molar-refractivity contribution in [3.05, 3.63) is 28.2 Å². The molecule has 20 heavy (non-hydrogen) atoms. The van der Waals surface area contributed by atoms with Crippen LogP contribution < -0.4 is 5.73 Å². The molecule has 1 heterocycles. The molecule has 0 atom stereocenters. The molecule has 1 aliphatic carbocycles. The van der Waals surface area contributed by atoms with E-state index in [0.29, 0.717) is 26.6 Å². The van der Waals surface area contributed by atoms with Gasteiger partial charge in [-0.2, -0.15) is 9.97 Å². The Morgan fingerprint density at radius 1 is 1.20 bits per heavy atom. The zero-order chi connectivity index (χ0) is 14.1. The first-order chi connectivity index (χ1) is 9.61. The Balaban J connectivity index is 1.91. The smallest absolute Gasteiger partial charge is 0.224 e. The minimum absolute atomic E-state index is 0.208. The predicted molar refractivity (Wildman–Crippen MR) is 83.1 cm³/mol. The fourth-order valence-corrected chi connectivity index (χ4v) is 3.23. The normalized spacial score (nSPS) is 14.5. The van der Waals surface area contributed by atoms with E-state index in [1.807, 2.05) is 0 Å². The maximum Gasteiger partial charge on any atom is 0.224 e. The lowest BCUT2D eigenvalue weighted by Gasteiger charge is -2.06. The van der Waals surface area contributed by atoms with Gasteiger partial charge in [0.1, 0.15) is 0 Å². The molecule has 0 radical (unpaired) electrons. The second-order valence-electron chi connectivity index (χ2n) is 4.68. The summed E-state index contributed by atoms with van der Waals surface area (Å²) in [5.41, 5.74) is 6.46. The van der Waals surface area contributed by atoms with E-state index in [-0.39, 0.29) is 5.95 Å². The number of thioether (sulfide) groups is 1. The van der Waals surface area contributed by atoms with Crippen LogP contribution in [0.4, 0.5) is 5.95 Å². The number of aromatic nitrogens is 3. The van der Waals surface area contributed by atoms with E-state index in [2.05, 4.69) is 15.0 Å². The van der Waals surface area contributed by atoms with Crippen molar-refractivity contribution in [1.29, 1.82) is 0 Å². The molecule has 104 valence electrons. The van der Waals surface area contributed by atoms with Crippen LogP contribution in [-0.2, 0) is 0 Å². The Morgan fingerprint density at radius 3 is 2.70 bits per heavy atom. The molecule has 1 saturated carbocycles. The third-order valence-corrected chi connectivity index (χ3v) is 4.58. The van der Waals surface area contributed by atoms with E-state index in [1.54, 1.807) is 30.0 Å². The van der Waals surface area contributed by atoms with E-state index in [1.165, 1.54) is 12.8 Å². The number of nitrogens with two attached hydrogens (primary N) is 1. The van der Waals surface area contributed by atoms with Crippen LogP contribution in [0.5, 0.6) is 0 Å². The summed E-state index contributed by atoms with van der Waals surface area (Å²) < 4.78 is 0. The van der Waals surface area contributed by atoms with Crippen LogP contribution >= 0.6 is 35.0 Å². The summed E-state index contributed by atoms with van der Waals surface area (Å²) in [7, 11) is 0. The summed E-state index contributed by atoms with van der Waals surface area (Å²) in [6.07, 6.45) is 2.59. The minimum atomic E-state index is 0.208. The fourth-order valence-electron chi connectivity index (χ4n) is 1.70. The quantitative estimate of drug-likeness (QED) is 0.862. The van der Waals surface area contributed by atoms with E-state index in [9.17, 15) is 0 Å². The molecule has 0 aliphatic heterocycles. The largest absolute Gasteiger partial charge is 0.368 e. The average Bonchev–Trinajstić information content (AvgIpc) is 3.19. The number of rotatable bonds is 4. The Morgan fingerprint density at radius 2 is 2.00 bits per heavy atom. The van der Waals surface area contributed by atoms with Crippen molar-refractivity contribution in [3.8, 4) is 11.4 Å². The van der Waals surface area contributed by atoms with Gasteiger partial charge in [-0.15, -0.1) is 0 Å². The van der Waals surface area contributed by atoms with Gasteiger partial charge in [0.2, 0.25) is 5.95 Å². The standard InChI is InChI=1S/C13H12Cl2N4S/c14-8-3-4-9(10(15)5-8)11-17-12(16)19-13(18-11)20-6-7-1-2-7/h3-5,7H,1-2,6H2,(H2,16,17,18,19). The van der Waals surface area contributed by atoms with Crippen molar-refractivity contribution in [3.63, 3.8) is 0 Å². The van der Waals surface area contributed by atoms with E-state index in [4.69, 9.17) is 28.9 Å². The maximum atomic E-state index is 6.17. The molecule has 7 heteroatoms. The topological polar surface area (TPSA) is 64.7 Å². The highest BCUT2D eigenvalue weighted by Gasteiger charge is 2.22. The number of halogens is 2. The second kappa shape index (κ2) is 5.76. The molecule has 2 aromatic rings. The van der Waals surface area contributed by atoms with Gasteiger partial charge in [0.25, 0.3) is 0 Å².